The first-order valence-corrected chi connectivity index (χ1v) is 7.78. The Morgan fingerprint density at radius 1 is 0.875 bits per heavy atom. The van der Waals surface area contributed by atoms with Crippen LogP contribution < -0.4 is 5.32 Å². The molecule has 0 spiro atoms. The second-order valence-electron chi connectivity index (χ2n) is 7.23. The zero-order valence-electron chi connectivity index (χ0n) is 15.9. The third-order valence-electron chi connectivity index (χ3n) is 4.83. The van der Waals surface area contributed by atoms with Crippen LogP contribution in [0, 0.1) is 16.2 Å². The van der Waals surface area contributed by atoms with Gasteiger partial charge >= 0.3 is 11.9 Å². The number of carboxylic acid groups (broad SMARTS) is 2. The molecule has 0 bridgehead atoms. The van der Waals surface area contributed by atoms with Gasteiger partial charge in [0, 0.05) is 13.5 Å². The fourth-order valence-corrected chi connectivity index (χ4v) is 1.76. The first-order chi connectivity index (χ1) is 10.6. The van der Waals surface area contributed by atoms with Crippen molar-refractivity contribution in [2.24, 2.45) is 16.2 Å². The smallest absolute Gasteiger partial charge is 0.310 e. The van der Waals surface area contributed by atoms with E-state index in [1.807, 2.05) is 0 Å². The number of ketones is 1. The van der Waals surface area contributed by atoms with E-state index in [0.29, 0.717) is 6.42 Å². The number of hydrogen-bond acceptors (Lipinski definition) is 4. The highest BCUT2D eigenvalue weighted by Gasteiger charge is 2.48. The summed E-state index contributed by atoms with van der Waals surface area (Å²) in [7, 11) is 1.50. The number of carbonyl (C=O) groups is 4. The first kappa shape index (κ1) is 24.3. The van der Waals surface area contributed by atoms with Gasteiger partial charge in [-0.2, -0.15) is 0 Å². The summed E-state index contributed by atoms with van der Waals surface area (Å²) in [5.74, 6) is -2.20. The summed E-state index contributed by atoms with van der Waals surface area (Å²) in [4.78, 5) is 43.6. The van der Waals surface area contributed by atoms with Crippen LogP contribution in [0.1, 0.15) is 61.3 Å². The minimum absolute atomic E-state index is 0.0725. The molecule has 0 aromatic heterocycles. The minimum Gasteiger partial charge on any atom is -0.481 e. The summed E-state index contributed by atoms with van der Waals surface area (Å²) in [5.41, 5.74) is -2.87. The van der Waals surface area contributed by atoms with Gasteiger partial charge in [-0.1, -0.05) is 6.92 Å². The van der Waals surface area contributed by atoms with E-state index in [2.05, 4.69) is 5.32 Å². The van der Waals surface area contributed by atoms with E-state index in [0.717, 1.165) is 0 Å². The molecule has 0 aliphatic carbocycles. The molecule has 0 aromatic rings. The minimum atomic E-state index is -1.08. The third-order valence-corrected chi connectivity index (χ3v) is 4.83. The predicted octanol–water partition coefficient (Wildman–Crippen LogP) is 2.34. The quantitative estimate of drug-likeness (QED) is 0.651. The molecule has 140 valence electrons. The third kappa shape index (κ3) is 5.94. The number of carbonyl (C=O) groups excluding carboxylic acids is 2. The highest BCUT2D eigenvalue weighted by Crippen LogP contribution is 2.38. The molecule has 0 aliphatic heterocycles. The largest absolute Gasteiger partial charge is 0.481 e. The van der Waals surface area contributed by atoms with Gasteiger partial charge in [-0.15, -0.1) is 0 Å². The Kier molecular flexibility index (Phi) is 8.92. The lowest BCUT2D eigenvalue weighted by molar-refractivity contribution is -0.159. The van der Waals surface area contributed by atoms with Gasteiger partial charge in [0.05, 0.1) is 16.2 Å². The van der Waals surface area contributed by atoms with E-state index in [4.69, 9.17) is 10.2 Å². The van der Waals surface area contributed by atoms with Crippen LogP contribution in [-0.2, 0) is 19.2 Å². The molecule has 0 radical (unpaired) electrons. The average molecular weight is 345 g/mol. The molecule has 7 nitrogen and oxygen atoms in total. The Morgan fingerprint density at radius 3 is 1.46 bits per heavy atom. The molecular formula is C17H31NO6. The van der Waals surface area contributed by atoms with E-state index in [1.165, 1.54) is 14.0 Å². The zero-order valence-corrected chi connectivity index (χ0v) is 15.9. The summed E-state index contributed by atoms with van der Waals surface area (Å²) in [6, 6.07) is 0. The van der Waals surface area contributed by atoms with Crippen molar-refractivity contribution in [2.75, 3.05) is 7.05 Å². The molecule has 7 heteroatoms. The Bertz CT molecular complexity index is 495. The number of aliphatic carboxylic acids is 2. The lowest BCUT2D eigenvalue weighted by Gasteiger charge is -2.36. The average Bonchev–Trinajstić information content (AvgIpc) is 2.45. The molecule has 0 heterocycles. The fourth-order valence-electron chi connectivity index (χ4n) is 1.76. The molecule has 1 atom stereocenters. The van der Waals surface area contributed by atoms with Crippen molar-refractivity contribution in [2.45, 2.75) is 61.3 Å². The molecular weight excluding hydrogens is 314 g/mol. The van der Waals surface area contributed by atoms with Crippen LogP contribution in [0.15, 0.2) is 0 Å². The van der Waals surface area contributed by atoms with E-state index >= 15 is 0 Å². The molecule has 0 aromatic carbocycles. The van der Waals surface area contributed by atoms with Gasteiger partial charge in [-0.05, 0) is 48.0 Å². The lowest BCUT2D eigenvalue weighted by atomic mass is 9.67. The van der Waals surface area contributed by atoms with Crippen molar-refractivity contribution in [3.8, 4) is 0 Å². The lowest BCUT2D eigenvalue weighted by Crippen LogP contribution is -2.49. The van der Waals surface area contributed by atoms with Crippen molar-refractivity contribution >= 4 is 23.6 Å². The number of carboxylic acids is 2. The van der Waals surface area contributed by atoms with Crippen LogP contribution in [0.2, 0.25) is 0 Å². The van der Waals surface area contributed by atoms with E-state index in [9.17, 15) is 19.2 Å². The Balaban J connectivity index is 0. The molecule has 0 aliphatic rings. The van der Waals surface area contributed by atoms with Crippen LogP contribution in [0.3, 0.4) is 0 Å². The van der Waals surface area contributed by atoms with Gasteiger partial charge < -0.3 is 15.5 Å². The summed E-state index contributed by atoms with van der Waals surface area (Å²) < 4.78 is 0. The van der Waals surface area contributed by atoms with Gasteiger partial charge in [0.15, 0.2) is 0 Å². The summed E-state index contributed by atoms with van der Waals surface area (Å²) in [6.07, 6.45) is 0.612. The molecule has 0 saturated heterocycles. The fraction of sp³-hybridized carbons (Fsp3) is 0.765. The Labute approximate surface area is 143 Å². The van der Waals surface area contributed by atoms with Gasteiger partial charge in [-0.3, -0.25) is 19.2 Å². The number of Topliss-reactive ketones (excluding diaryl/α,β-unsaturated/α-hetero) is 1. The maximum atomic E-state index is 11.4. The zero-order chi connectivity index (χ0) is 19.9. The standard InChI is InChI=1S/C9H17NO3.C8H14O3/c1-8(2,6(11)10-5)9(3,4)7(12)13;1-4-8(3,7(10)11)5-6(2)9/h1-5H3,(H,10,11)(H,12,13);4-5H2,1-3H3,(H,10,11). The molecule has 1 amide bonds. The predicted molar refractivity (Wildman–Crippen MR) is 90.6 cm³/mol. The van der Waals surface area contributed by atoms with E-state index < -0.39 is 28.2 Å². The van der Waals surface area contributed by atoms with Crippen molar-refractivity contribution in [1.29, 1.82) is 0 Å². The van der Waals surface area contributed by atoms with Crippen LogP contribution in [0.4, 0.5) is 0 Å². The molecule has 0 saturated carbocycles. The maximum absolute atomic E-state index is 11.4. The Hall–Kier alpha value is -1.92. The van der Waals surface area contributed by atoms with Gasteiger partial charge in [0.2, 0.25) is 5.91 Å². The summed E-state index contributed by atoms with van der Waals surface area (Å²) in [5, 5.41) is 20.1. The molecule has 1 unspecified atom stereocenters. The van der Waals surface area contributed by atoms with Crippen LogP contribution in [0.5, 0.6) is 0 Å². The van der Waals surface area contributed by atoms with E-state index in [1.54, 1.807) is 41.5 Å². The summed E-state index contributed by atoms with van der Waals surface area (Å²) in [6.45, 7) is 11.1. The monoisotopic (exact) mass is 345 g/mol. The highest BCUT2D eigenvalue weighted by atomic mass is 16.4. The highest BCUT2D eigenvalue weighted by molar-refractivity contribution is 5.89. The Morgan fingerprint density at radius 2 is 1.29 bits per heavy atom. The normalized spacial score (nSPS) is 13.8. The molecule has 24 heavy (non-hydrogen) atoms. The van der Waals surface area contributed by atoms with Gasteiger partial charge in [0.1, 0.15) is 5.78 Å². The topological polar surface area (TPSA) is 121 Å². The van der Waals surface area contributed by atoms with Gasteiger partial charge in [0.25, 0.3) is 0 Å². The van der Waals surface area contributed by atoms with Gasteiger partial charge in [-0.25, -0.2) is 0 Å². The molecule has 0 fully saturated rings. The van der Waals surface area contributed by atoms with Crippen molar-refractivity contribution in [1.82, 2.24) is 5.32 Å². The van der Waals surface area contributed by atoms with Crippen molar-refractivity contribution in [3.63, 3.8) is 0 Å². The van der Waals surface area contributed by atoms with Crippen LogP contribution in [-0.4, -0.2) is 40.9 Å². The summed E-state index contributed by atoms with van der Waals surface area (Å²) >= 11 is 0. The number of hydrogen-bond donors (Lipinski definition) is 3. The SMILES string of the molecule is CCC(C)(CC(C)=O)C(=O)O.CNC(=O)C(C)(C)C(C)(C)C(=O)O. The second kappa shape index (κ2) is 8.80. The van der Waals surface area contributed by atoms with Crippen molar-refractivity contribution < 1.29 is 29.4 Å². The number of amides is 1. The second-order valence-corrected chi connectivity index (χ2v) is 7.23. The molecule has 0 rings (SSSR count). The molecule has 3 N–H and O–H groups in total. The number of rotatable bonds is 7. The van der Waals surface area contributed by atoms with E-state index in [-0.39, 0.29) is 18.1 Å². The number of nitrogens with one attached hydrogen (secondary N) is 1. The van der Waals surface area contributed by atoms with Crippen molar-refractivity contribution in [3.05, 3.63) is 0 Å². The van der Waals surface area contributed by atoms with Crippen LogP contribution in [0.25, 0.3) is 0 Å². The van der Waals surface area contributed by atoms with Crippen LogP contribution >= 0.6 is 0 Å². The first-order valence-electron chi connectivity index (χ1n) is 7.78. The maximum Gasteiger partial charge on any atom is 0.310 e.